The van der Waals surface area contributed by atoms with Crippen LogP contribution in [0.25, 0.3) is 11.6 Å². The molecule has 25 heavy (non-hydrogen) atoms. The van der Waals surface area contributed by atoms with E-state index in [1.165, 1.54) is 42.0 Å². The van der Waals surface area contributed by atoms with Crippen molar-refractivity contribution < 1.29 is 0 Å². The zero-order valence-electron chi connectivity index (χ0n) is 15.2. The van der Waals surface area contributed by atoms with Gasteiger partial charge in [0.15, 0.2) is 0 Å². The van der Waals surface area contributed by atoms with E-state index >= 15 is 0 Å². The topological polar surface area (TPSA) is 25.2 Å². The van der Waals surface area contributed by atoms with Gasteiger partial charge in [-0.3, -0.25) is 4.79 Å². The molecule has 2 aliphatic carbocycles. The predicted octanol–water partition coefficient (Wildman–Crippen LogP) is 2.26. The Labute approximate surface area is 149 Å². The Morgan fingerprint density at radius 1 is 1.04 bits per heavy atom. The molecule has 4 aliphatic rings. The van der Waals surface area contributed by atoms with Gasteiger partial charge in [-0.15, -0.1) is 0 Å². The van der Waals surface area contributed by atoms with Crippen LogP contribution in [0.15, 0.2) is 23.1 Å². The number of rotatable bonds is 1. The molecule has 2 fully saturated rings. The van der Waals surface area contributed by atoms with E-state index in [2.05, 4.69) is 40.9 Å². The van der Waals surface area contributed by atoms with Crippen molar-refractivity contribution in [1.29, 1.82) is 0 Å². The van der Waals surface area contributed by atoms with Gasteiger partial charge in [-0.25, -0.2) is 0 Å². The first-order valence-electron chi connectivity index (χ1n) is 10.1. The number of pyridine rings is 1. The van der Waals surface area contributed by atoms with Crippen LogP contribution in [-0.2, 0) is 6.42 Å². The summed E-state index contributed by atoms with van der Waals surface area (Å²) in [5.74, 6) is 0. The highest BCUT2D eigenvalue weighted by atomic mass is 16.1. The number of hydrogen-bond acceptors (Lipinski definition) is 2. The van der Waals surface area contributed by atoms with Gasteiger partial charge >= 0.3 is 0 Å². The summed E-state index contributed by atoms with van der Waals surface area (Å²) in [6, 6.07) is 1.70. The monoisotopic (exact) mass is 336 g/mol. The highest BCUT2D eigenvalue weighted by molar-refractivity contribution is 5.56. The van der Waals surface area contributed by atoms with Gasteiger partial charge in [-0.1, -0.05) is 24.1 Å². The number of aromatic nitrogens is 1. The Morgan fingerprint density at radius 2 is 1.84 bits per heavy atom. The van der Waals surface area contributed by atoms with Crippen LogP contribution in [0.5, 0.6) is 0 Å². The number of aryl methyl sites for hydroxylation is 1. The first kappa shape index (κ1) is 15.6. The van der Waals surface area contributed by atoms with Gasteiger partial charge in [0.25, 0.3) is 5.56 Å². The van der Waals surface area contributed by atoms with Crippen LogP contribution >= 0.6 is 0 Å². The van der Waals surface area contributed by atoms with Crippen LogP contribution in [0.4, 0.5) is 0 Å². The standard InChI is InChI=1S/C22H28N2O/c1-23-17-9-5-10-18(23)13-19(12-17)24-14-16-8-4-7-15-6-2-3-11-20(21(15)16)22(24)25/h2-3,11,14,17-19H,4-10,12-13H2,1H3. The van der Waals surface area contributed by atoms with E-state index in [1.54, 1.807) is 0 Å². The fourth-order valence-electron chi connectivity index (χ4n) is 5.75. The maximum absolute atomic E-state index is 13.4. The quantitative estimate of drug-likeness (QED) is 0.786. The van der Waals surface area contributed by atoms with Crippen LogP contribution in [0.3, 0.4) is 0 Å². The number of piperidine rings is 2. The molecule has 0 N–H and O–H groups in total. The Kier molecular flexibility index (Phi) is 3.74. The van der Waals surface area contributed by atoms with Crippen LogP contribution in [-0.4, -0.2) is 28.6 Å². The van der Waals surface area contributed by atoms with E-state index < -0.39 is 0 Å². The fraction of sp³-hybridized carbons (Fsp3) is 0.591. The molecule has 0 saturated carbocycles. The highest BCUT2D eigenvalue weighted by Gasteiger charge is 2.37. The molecule has 2 atom stereocenters. The van der Waals surface area contributed by atoms with Gasteiger partial charge in [0.1, 0.15) is 0 Å². The molecule has 3 heterocycles. The van der Waals surface area contributed by atoms with E-state index in [9.17, 15) is 4.79 Å². The van der Waals surface area contributed by atoms with Crippen molar-refractivity contribution in [3.8, 4) is 0 Å². The summed E-state index contributed by atoms with van der Waals surface area (Å²) in [7, 11) is 2.29. The first-order valence-corrected chi connectivity index (χ1v) is 10.1. The lowest BCUT2D eigenvalue weighted by molar-refractivity contribution is 0.0390. The van der Waals surface area contributed by atoms with Crippen molar-refractivity contribution in [2.45, 2.75) is 75.9 Å². The van der Waals surface area contributed by atoms with Crippen molar-refractivity contribution in [2.75, 3.05) is 7.05 Å². The maximum Gasteiger partial charge on any atom is 0.258 e. The number of nitrogens with zero attached hydrogens (tertiary/aromatic N) is 2. The Morgan fingerprint density at radius 3 is 2.64 bits per heavy atom. The number of fused-ring (bicyclic) bond motifs is 2. The van der Waals surface area contributed by atoms with Gasteiger partial charge in [-0.05, 0) is 75.3 Å². The average Bonchev–Trinajstić information content (AvgIpc) is 2.82. The SMILES string of the molecule is CN1C2CCCC1CC(n1cc3c4c(c1=O)=CC=CCC=4CCC3)C2. The third-order valence-electron chi connectivity index (χ3n) is 7.10. The molecular formula is C22H28N2O. The first-order chi connectivity index (χ1) is 12.2. The van der Waals surface area contributed by atoms with E-state index in [4.69, 9.17) is 0 Å². The maximum atomic E-state index is 13.4. The summed E-state index contributed by atoms with van der Waals surface area (Å²) in [6.45, 7) is 0. The molecular weight excluding hydrogens is 308 g/mol. The smallest absolute Gasteiger partial charge is 0.258 e. The van der Waals surface area contributed by atoms with Crippen LogP contribution in [0.1, 0.15) is 63.0 Å². The summed E-state index contributed by atoms with van der Waals surface area (Å²) in [5, 5.41) is 2.26. The largest absolute Gasteiger partial charge is 0.312 e. The second kappa shape index (κ2) is 5.98. The summed E-state index contributed by atoms with van der Waals surface area (Å²) < 4.78 is 2.13. The van der Waals surface area contributed by atoms with Crippen LogP contribution < -0.4 is 16.0 Å². The molecule has 2 aliphatic heterocycles. The van der Waals surface area contributed by atoms with Gasteiger partial charge in [0.05, 0.1) is 0 Å². The van der Waals surface area contributed by atoms with Crippen molar-refractivity contribution in [1.82, 2.24) is 9.47 Å². The van der Waals surface area contributed by atoms with Crippen molar-refractivity contribution in [2.24, 2.45) is 0 Å². The Hall–Kier alpha value is -1.61. The second-order valence-corrected chi connectivity index (χ2v) is 8.44. The van der Waals surface area contributed by atoms with Crippen molar-refractivity contribution in [3.05, 3.63) is 44.7 Å². The normalized spacial score (nSPS) is 31.2. The third kappa shape index (κ3) is 2.47. The highest BCUT2D eigenvalue weighted by Crippen LogP contribution is 2.37. The fourth-order valence-corrected chi connectivity index (χ4v) is 5.75. The zero-order chi connectivity index (χ0) is 17.0. The van der Waals surface area contributed by atoms with E-state index in [-0.39, 0.29) is 5.56 Å². The van der Waals surface area contributed by atoms with Gasteiger partial charge in [0.2, 0.25) is 0 Å². The van der Waals surface area contributed by atoms with Crippen LogP contribution in [0, 0.1) is 0 Å². The molecule has 2 bridgehead atoms. The van der Waals surface area contributed by atoms with Crippen molar-refractivity contribution >= 4 is 11.6 Å². The zero-order valence-corrected chi connectivity index (χ0v) is 15.2. The summed E-state index contributed by atoms with van der Waals surface area (Å²) in [4.78, 5) is 16.0. The van der Waals surface area contributed by atoms with Gasteiger partial charge in [-0.2, -0.15) is 0 Å². The van der Waals surface area contributed by atoms with E-state index in [0.29, 0.717) is 18.1 Å². The second-order valence-electron chi connectivity index (χ2n) is 8.44. The predicted molar refractivity (Wildman–Crippen MR) is 102 cm³/mol. The molecule has 2 saturated heterocycles. The third-order valence-corrected chi connectivity index (χ3v) is 7.10. The minimum atomic E-state index is 0.248. The lowest BCUT2D eigenvalue weighted by Crippen LogP contribution is -2.54. The molecule has 0 aromatic carbocycles. The molecule has 0 amide bonds. The van der Waals surface area contributed by atoms with Crippen molar-refractivity contribution in [3.63, 3.8) is 0 Å². The Balaban J connectivity index is 1.66. The molecule has 3 nitrogen and oxygen atoms in total. The summed E-state index contributed by atoms with van der Waals surface area (Å²) in [6.07, 6.45) is 19.4. The molecule has 0 radical (unpaired) electrons. The van der Waals surface area contributed by atoms with Gasteiger partial charge < -0.3 is 9.47 Å². The van der Waals surface area contributed by atoms with E-state index in [0.717, 1.165) is 37.3 Å². The lowest BCUT2D eigenvalue weighted by Gasteiger charge is -2.47. The summed E-state index contributed by atoms with van der Waals surface area (Å²) >= 11 is 0. The Bertz CT molecular complexity index is 893. The lowest BCUT2D eigenvalue weighted by atomic mass is 9.82. The molecule has 1 aromatic heterocycles. The summed E-state index contributed by atoms with van der Waals surface area (Å²) in [5.41, 5.74) is 3.14. The molecule has 5 rings (SSSR count). The van der Waals surface area contributed by atoms with Gasteiger partial charge in [0, 0.05) is 29.5 Å². The number of allylic oxidation sites excluding steroid dienone is 2. The molecule has 2 unspecified atom stereocenters. The minimum absolute atomic E-state index is 0.248. The molecule has 132 valence electrons. The van der Waals surface area contributed by atoms with Crippen LogP contribution in [0.2, 0.25) is 0 Å². The molecule has 3 heteroatoms. The average molecular weight is 336 g/mol. The molecule has 1 aromatic rings. The van der Waals surface area contributed by atoms with E-state index in [1.807, 2.05) is 0 Å². The molecule has 0 spiro atoms. The minimum Gasteiger partial charge on any atom is -0.312 e. The number of hydrogen-bond donors (Lipinski definition) is 0.